The van der Waals surface area contributed by atoms with Crippen LogP contribution in [0.5, 0.6) is 5.75 Å². The fraction of sp³-hybridized carbons (Fsp3) is 0.200. The molecule has 0 fully saturated rings. The largest absolute Gasteiger partial charge is 0.493 e. The Kier molecular flexibility index (Phi) is 4.89. The molecule has 1 aromatic heterocycles. The molecule has 0 atom stereocenters. The molecule has 4 rings (SSSR count). The molecule has 0 bridgehead atoms. The van der Waals surface area contributed by atoms with Crippen molar-refractivity contribution in [2.45, 2.75) is 6.42 Å². The lowest BCUT2D eigenvalue weighted by Crippen LogP contribution is -2.18. The van der Waals surface area contributed by atoms with Gasteiger partial charge in [0.1, 0.15) is 5.75 Å². The average molecular weight is 410 g/mol. The van der Waals surface area contributed by atoms with Crippen LogP contribution in [0, 0.1) is 10.1 Å². The van der Waals surface area contributed by atoms with E-state index in [4.69, 9.17) is 4.74 Å². The van der Waals surface area contributed by atoms with Gasteiger partial charge < -0.3 is 9.64 Å². The number of fused-ring (bicyclic) bond motifs is 1. The Morgan fingerprint density at radius 2 is 2.10 bits per heavy atom. The first kappa shape index (κ1) is 18.9. The minimum absolute atomic E-state index is 0.138. The molecule has 2 aromatic carbocycles. The smallest absolute Gasteiger partial charge is 0.270 e. The van der Waals surface area contributed by atoms with E-state index in [2.05, 4.69) is 10.3 Å². The molecular formula is C20H18N4O4S. The average Bonchev–Trinajstić information content (AvgIpc) is 3.35. The summed E-state index contributed by atoms with van der Waals surface area (Å²) in [6, 6.07) is 10.1. The number of nitrogens with one attached hydrogen (secondary N) is 1. The highest BCUT2D eigenvalue weighted by Gasteiger charge is 2.20. The van der Waals surface area contributed by atoms with E-state index >= 15 is 0 Å². The third-order valence-corrected chi connectivity index (χ3v) is 5.38. The van der Waals surface area contributed by atoms with E-state index in [-0.39, 0.29) is 11.3 Å². The van der Waals surface area contributed by atoms with Gasteiger partial charge >= 0.3 is 0 Å². The number of hydrogen-bond acceptors (Lipinski definition) is 7. The lowest BCUT2D eigenvalue weighted by molar-refractivity contribution is -0.384. The molecule has 0 saturated carbocycles. The van der Waals surface area contributed by atoms with Gasteiger partial charge in [-0.2, -0.15) is 0 Å². The van der Waals surface area contributed by atoms with Gasteiger partial charge in [0.2, 0.25) is 0 Å². The van der Waals surface area contributed by atoms with Crippen molar-refractivity contribution in [3.63, 3.8) is 0 Å². The zero-order valence-electron chi connectivity index (χ0n) is 15.8. The predicted octanol–water partition coefficient (Wildman–Crippen LogP) is 3.97. The van der Waals surface area contributed by atoms with Crippen molar-refractivity contribution in [2.75, 3.05) is 30.9 Å². The Morgan fingerprint density at radius 3 is 2.86 bits per heavy atom. The first-order valence-corrected chi connectivity index (χ1v) is 9.79. The molecule has 8 nitrogen and oxygen atoms in total. The van der Waals surface area contributed by atoms with Gasteiger partial charge in [0.25, 0.3) is 11.6 Å². The SMILES string of the molecule is CN(C)c1ccc([N+](=O)[O-])cc1C(=O)Nc1nc(-c2ccc3c(c2)CCO3)cs1. The molecule has 1 aliphatic heterocycles. The van der Waals surface area contributed by atoms with Crippen LogP contribution in [-0.4, -0.2) is 36.5 Å². The number of carbonyl (C=O) groups is 1. The number of ether oxygens (including phenoxy) is 1. The molecule has 0 saturated heterocycles. The summed E-state index contributed by atoms with van der Waals surface area (Å²) >= 11 is 1.30. The first-order chi connectivity index (χ1) is 13.9. The van der Waals surface area contributed by atoms with E-state index in [0.717, 1.165) is 29.0 Å². The van der Waals surface area contributed by atoms with Crippen molar-refractivity contribution in [3.8, 4) is 17.0 Å². The summed E-state index contributed by atoms with van der Waals surface area (Å²) in [5, 5.41) is 16.2. The molecule has 0 radical (unpaired) electrons. The number of amides is 1. The first-order valence-electron chi connectivity index (χ1n) is 8.91. The standard InChI is InChI=1S/C20H18N4O4S/c1-23(2)17-5-4-14(24(26)27)10-15(17)19(25)22-20-21-16(11-29-20)12-3-6-18-13(9-12)7-8-28-18/h3-6,9-11H,7-8H2,1-2H3,(H,21,22,25). The van der Waals surface area contributed by atoms with Crippen LogP contribution in [-0.2, 0) is 6.42 Å². The van der Waals surface area contributed by atoms with Crippen LogP contribution in [0.25, 0.3) is 11.3 Å². The number of nitro groups is 1. The molecule has 148 valence electrons. The van der Waals surface area contributed by atoms with Crippen molar-refractivity contribution < 1.29 is 14.5 Å². The highest BCUT2D eigenvalue weighted by molar-refractivity contribution is 7.14. The molecule has 2 heterocycles. The molecule has 9 heteroatoms. The zero-order valence-corrected chi connectivity index (χ0v) is 16.7. The van der Waals surface area contributed by atoms with Gasteiger partial charge in [0, 0.05) is 49.3 Å². The predicted molar refractivity (Wildman–Crippen MR) is 112 cm³/mol. The van der Waals surface area contributed by atoms with Crippen LogP contribution >= 0.6 is 11.3 Å². The molecule has 0 unspecified atom stereocenters. The van der Waals surface area contributed by atoms with Gasteiger partial charge in [-0.3, -0.25) is 20.2 Å². The van der Waals surface area contributed by atoms with Crippen molar-refractivity contribution in [2.24, 2.45) is 0 Å². The second kappa shape index (κ2) is 7.51. The normalized spacial score (nSPS) is 12.2. The number of nitro benzene ring substituents is 1. The number of non-ortho nitro benzene ring substituents is 1. The molecular weight excluding hydrogens is 392 g/mol. The zero-order chi connectivity index (χ0) is 20.5. The molecule has 0 aliphatic carbocycles. The Bertz CT molecular complexity index is 1110. The third kappa shape index (κ3) is 3.77. The lowest BCUT2D eigenvalue weighted by atomic mass is 10.1. The lowest BCUT2D eigenvalue weighted by Gasteiger charge is -2.16. The fourth-order valence-corrected chi connectivity index (χ4v) is 3.90. The van der Waals surface area contributed by atoms with Gasteiger partial charge in [-0.05, 0) is 29.8 Å². The summed E-state index contributed by atoms with van der Waals surface area (Å²) in [5.74, 6) is 0.458. The van der Waals surface area contributed by atoms with Crippen molar-refractivity contribution in [1.29, 1.82) is 0 Å². The highest BCUT2D eigenvalue weighted by atomic mass is 32.1. The number of thiazole rings is 1. The van der Waals surface area contributed by atoms with E-state index in [0.29, 0.717) is 17.4 Å². The van der Waals surface area contributed by atoms with E-state index < -0.39 is 10.8 Å². The molecule has 1 amide bonds. The van der Waals surface area contributed by atoms with E-state index in [1.165, 1.54) is 23.5 Å². The van der Waals surface area contributed by atoms with E-state index in [9.17, 15) is 14.9 Å². The number of benzene rings is 2. The summed E-state index contributed by atoms with van der Waals surface area (Å²) in [6.07, 6.45) is 0.872. The van der Waals surface area contributed by atoms with Gasteiger partial charge in [0.05, 0.1) is 22.8 Å². The molecule has 1 N–H and O–H groups in total. The van der Waals surface area contributed by atoms with Crippen molar-refractivity contribution >= 4 is 33.8 Å². The Hall–Kier alpha value is -3.46. The minimum atomic E-state index is -0.519. The van der Waals surface area contributed by atoms with Crippen molar-refractivity contribution in [3.05, 3.63) is 63.0 Å². The minimum Gasteiger partial charge on any atom is -0.493 e. The van der Waals surface area contributed by atoms with Crippen LogP contribution in [0.15, 0.2) is 41.8 Å². The number of carbonyl (C=O) groups excluding carboxylic acids is 1. The van der Waals surface area contributed by atoms with E-state index in [1.807, 2.05) is 23.6 Å². The fourth-order valence-electron chi connectivity index (χ4n) is 3.18. The topological polar surface area (TPSA) is 97.6 Å². The Labute approximate surface area is 170 Å². The molecule has 29 heavy (non-hydrogen) atoms. The van der Waals surface area contributed by atoms with Gasteiger partial charge in [-0.15, -0.1) is 11.3 Å². The molecule has 3 aromatic rings. The Morgan fingerprint density at radius 1 is 1.28 bits per heavy atom. The summed E-state index contributed by atoms with van der Waals surface area (Å²) in [4.78, 5) is 29.6. The number of rotatable bonds is 5. The summed E-state index contributed by atoms with van der Waals surface area (Å²) in [6.45, 7) is 0.689. The Balaban J connectivity index is 1.58. The van der Waals surface area contributed by atoms with Crippen LogP contribution in [0.1, 0.15) is 15.9 Å². The van der Waals surface area contributed by atoms with Crippen LogP contribution in [0.2, 0.25) is 0 Å². The third-order valence-electron chi connectivity index (χ3n) is 4.63. The van der Waals surface area contributed by atoms with Crippen LogP contribution in [0.4, 0.5) is 16.5 Å². The quantitative estimate of drug-likeness (QED) is 0.505. The van der Waals surface area contributed by atoms with E-state index in [1.54, 1.807) is 25.1 Å². The summed E-state index contributed by atoms with van der Waals surface area (Å²) in [5.41, 5.74) is 3.52. The maximum absolute atomic E-state index is 12.8. The maximum atomic E-state index is 12.8. The summed E-state index contributed by atoms with van der Waals surface area (Å²) < 4.78 is 5.53. The second-order valence-corrected chi connectivity index (χ2v) is 7.62. The van der Waals surface area contributed by atoms with Gasteiger partial charge in [-0.1, -0.05) is 0 Å². The van der Waals surface area contributed by atoms with Crippen molar-refractivity contribution in [1.82, 2.24) is 4.98 Å². The van der Waals surface area contributed by atoms with Gasteiger partial charge in [-0.25, -0.2) is 4.98 Å². The second-order valence-electron chi connectivity index (χ2n) is 6.77. The molecule has 0 spiro atoms. The number of nitrogens with zero attached hydrogens (tertiary/aromatic N) is 3. The number of anilines is 2. The number of hydrogen-bond donors (Lipinski definition) is 1. The maximum Gasteiger partial charge on any atom is 0.270 e. The highest BCUT2D eigenvalue weighted by Crippen LogP contribution is 2.32. The van der Waals surface area contributed by atoms with Crippen LogP contribution in [0.3, 0.4) is 0 Å². The summed E-state index contributed by atoms with van der Waals surface area (Å²) in [7, 11) is 3.55. The number of aromatic nitrogens is 1. The van der Waals surface area contributed by atoms with Gasteiger partial charge in [0.15, 0.2) is 5.13 Å². The monoisotopic (exact) mass is 410 g/mol. The molecule has 1 aliphatic rings. The van der Waals surface area contributed by atoms with Crippen LogP contribution < -0.4 is 15.0 Å².